The van der Waals surface area contributed by atoms with Crippen LogP contribution in [0.15, 0.2) is 48.7 Å². The molecule has 4 aromatic rings. The van der Waals surface area contributed by atoms with Crippen LogP contribution in [0.3, 0.4) is 0 Å². The van der Waals surface area contributed by atoms with E-state index < -0.39 is 29.3 Å². The monoisotopic (exact) mass is 510 g/mol. The number of anilines is 1. The van der Waals surface area contributed by atoms with Crippen molar-refractivity contribution in [3.05, 3.63) is 88.6 Å². The van der Waals surface area contributed by atoms with E-state index in [4.69, 9.17) is 4.74 Å². The number of carbonyl (C=O) groups is 3. The van der Waals surface area contributed by atoms with Crippen molar-refractivity contribution in [2.24, 2.45) is 0 Å². The van der Waals surface area contributed by atoms with Crippen LogP contribution >= 0.6 is 0 Å². The number of hydrogen-bond donors (Lipinski definition) is 3. The van der Waals surface area contributed by atoms with E-state index in [1.54, 1.807) is 18.2 Å². The summed E-state index contributed by atoms with van der Waals surface area (Å²) in [5.41, 5.74) is 0.589. The lowest BCUT2D eigenvalue weighted by molar-refractivity contribution is -0.118. The van der Waals surface area contributed by atoms with Crippen molar-refractivity contribution in [2.45, 2.75) is 13.1 Å². The van der Waals surface area contributed by atoms with Crippen molar-refractivity contribution in [2.75, 3.05) is 11.9 Å². The summed E-state index contributed by atoms with van der Waals surface area (Å²) in [5.74, 6) is -4.20. The zero-order chi connectivity index (χ0) is 26.1. The maximum Gasteiger partial charge on any atom is 0.270 e. The van der Waals surface area contributed by atoms with Gasteiger partial charge in [0.1, 0.15) is 17.1 Å². The normalized spacial score (nSPS) is 12.5. The number of aromatic nitrogens is 3. The molecule has 2 aromatic heterocycles. The Balaban J connectivity index is 1.34. The van der Waals surface area contributed by atoms with E-state index in [-0.39, 0.29) is 48.2 Å². The minimum Gasteiger partial charge on any atom is -0.482 e. The molecule has 0 saturated carbocycles. The van der Waals surface area contributed by atoms with E-state index >= 15 is 0 Å². The van der Waals surface area contributed by atoms with E-state index in [2.05, 4.69) is 26.0 Å². The molecule has 0 saturated heterocycles. The summed E-state index contributed by atoms with van der Waals surface area (Å²) in [6, 6.07) is 9.27. The minimum absolute atomic E-state index is 0.0360. The number of hydrogen-bond acceptors (Lipinski definition) is 6. The Hall–Kier alpha value is -4.94. The van der Waals surface area contributed by atoms with E-state index in [0.717, 1.165) is 28.9 Å². The Bertz CT molecular complexity index is 1570. The van der Waals surface area contributed by atoms with Crippen LogP contribution in [-0.4, -0.2) is 38.9 Å². The third-order valence-corrected chi connectivity index (χ3v) is 5.46. The molecule has 0 bridgehead atoms. The highest BCUT2D eigenvalue weighted by Crippen LogP contribution is 2.28. The van der Waals surface area contributed by atoms with Gasteiger partial charge in [-0.15, -0.1) is 0 Å². The molecule has 5 rings (SSSR count). The Morgan fingerprint density at radius 1 is 0.946 bits per heavy atom. The number of nitrogens with one attached hydrogen (secondary N) is 3. The second-order valence-electron chi connectivity index (χ2n) is 8.04. The van der Waals surface area contributed by atoms with Crippen molar-refractivity contribution >= 4 is 29.1 Å². The summed E-state index contributed by atoms with van der Waals surface area (Å²) in [4.78, 5) is 41.2. The molecule has 1 aliphatic rings. The van der Waals surface area contributed by atoms with Crippen LogP contribution in [0, 0.1) is 17.5 Å². The van der Waals surface area contributed by atoms with Gasteiger partial charge in [-0.3, -0.25) is 14.4 Å². The first-order chi connectivity index (χ1) is 17.8. The molecule has 0 radical (unpaired) electrons. The zero-order valence-corrected chi connectivity index (χ0v) is 18.8. The number of carbonyl (C=O) groups excluding carboxylic acids is 3. The van der Waals surface area contributed by atoms with Gasteiger partial charge in [-0.2, -0.15) is 5.10 Å². The Morgan fingerprint density at radius 3 is 2.46 bits per heavy atom. The van der Waals surface area contributed by atoms with Gasteiger partial charge in [0.05, 0.1) is 11.9 Å². The summed E-state index contributed by atoms with van der Waals surface area (Å²) in [6.45, 7) is -0.211. The topological polar surface area (TPSA) is 127 Å². The summed E-state index contributed by atoms with van der Waals surface area (Å²) in [5, 5.41) is 11.6. The van der Waals surface area contributed by atoms with Crippen molar-refractivity contribution < 1.29 is 32.3 Å². The molecule has 10 nitrogen and oxygen atoms in total. The number of fused-ring (bicyclic) bond motifs is 2. The first-order valence-corrected chi connectivity index (χ1v) is 10.9. The highest BCUT2D eigenvalue weighted by Gasteiger charge is 2.21. The fourth-order valence-electron chi connectivity index (χ4n) is 3.65. The predicted molar refractivity (Wildman–Crippen MR) is 122 cm³/mol. The van der Waals surface area contributed by atoms with Gasteiger partial charge >= 0.3 is 0 Å². The average Bonchev–Trinajstić information content (AvgIpc) is 3.27. The Kier molecular flexibility index (Phi) is 6.17. The zero-order valence-electron chi connectivity index (χ0n) is 18.8. The van der Waals surface area contributed by atoms with Crippen molar-refractivity contribution in [3.8, 4) is 5.75 Å². The molecule has 0 spiro atoms. The molecule has 13 heteroatoms. The summed E-state index contributed by atoms with van der Waals surface area (Å²) < 4.78 is 47.1. The van der Waals surface area contributed by atoms with E-state index in [1.807, 2.05) is 0 Å². The number of amides is 3. The lowest BCUT2D eigenvalue weighted by Crippen LogP contribution is -2.29. The molecule has 188 valence electrons. The molecule has 0 aliphatic carbocycles. The lowest BCUT2D eigenvalue weighted by Gasteiger charge is -2.18. The molecular weight excluding hydrogens is 493 g/mol. The SMILES string of the molecule is O=C1COc2ccc(CNC(=O)c3cc(C(=O)NCc4ccc(F)c(F)c4)n4ncc(F)c4n3)cc2N1. The van der Waals surface area contributed by atoms with Gasteiger partial charge in [-0.1, -0.05) is 12.1 Å². The van der Waals surface area contributed by atoms with Gasteiger partial charge in [0.25, 0.3) is 17.7 Å². The molecular formula is C24H17F3N6O4. The largest absolute Gasteiger partial charge is 0.482 e. The van der Waals surface area contributed by atoms with Crippen LogP contribution in [0.4, 0.5) is 18.9 Å². The molecule has 1 aliphatic heterocycles. The summed E-state index contributed by atoms with van der Waals surface area (Å²) >= 11 is 0. The molecule has 0 fully saturated rings. The van der Waals surface area contributed by atoms with E-state index in [1.165, 1.54) is 6.07 Å². The number of benzene rings is 2. The molecule has 2 aromatic carbocycles. The van der Waals surface area contributed by atoms with Gasteiger partial charge in [0.2, 0.25) is 0 Å². The Labute approximate surface area is 206 Å². The lowest BCUT2D eigenvalue weighted by atomic mass is 10.1. The van der Waals surface area contributed by atoms with Gasteiger partial charge in [-0.25, -0.2) is 22.7 Å². The smallest absolute Gasteiger partial charge is 0.270 e. The van der Waals surface area contributed by atoms with E-state index in [0.29, 0.717) is 17.0 Å². The summed E-state index contributed by atoms with van der Waals surface area (Å²) in [6.07, 6.45) is 0.847. The fourth-order valence-corrected chi connectivity index (χ4v) is 3.65. The standard InChI is InChI=1S/C24H17F3N6O4/c25-14-3-1-12(5-15(14)26)8-29-24(36)19-7-18(32-22-16(27)10-30-33(19)22)23(35)28-9-13-2-4-20-17(6-13)31-21(34)11-37-20/h1-7,10H,8-9,11H2,(H,28,35)(H,29,36)(H,31,34). The third-order valence-electron chi connectivity index (χ3n) is 5.46. The highest BCUT2D eigenvalue weighted by molar-refractivity contribution is 5.98. The van der Waals surface area contributed by atoms with Crippen LogP contribution in [0.1, 0.15) is 32.1 Å². The van der Waals surface area contributed by atoms with Gasteiger partial charge in [0.15, 0.2) is 29.7 Å². The predicted octanol–water partition coefficient (Wildman–Crippen LogP) is 2.34. The number of nitrogens with zero attached hydrogens (tertiary/aromatic N) is 3. The van der Waals surface area contributed by atoms with Crippen LogP contribution in [-0.2, 0) is 17.9 Å². The Morgan fingerprint density at radius 2 is 1.68 bits per heavy atom. The van der Waals surface area contributed by atoms with Gasteiger partial charge in [-0.05, 0) is 35.4 Å². The minimum atomic E-state index is -1.07. The van der Waals surface area contributed by atoms with Gasteiger partial charge < -0.3 is 20.7 Å². The van der Waals surface area contributed by atoms with Gasteiger partial charge in [0, 0.05) is 19.2 Å². The van der Waals surface area contributed by atoms with Crippen LogP contribution in [0.25, 0.3) is 5.65 Å². The van der Waals surface area contributed by atoms with Crippen molar-refractivity contribution in [3.63, 3.8) is 0 Å². The van der Waals surface area contributed by atoms with Crippen LogP contribution in [0.5, 0.6) is 5.75 Å². The first-order valence-electron chi connectivity index (χ1n) is 10.9. The average molecular weight is 510 g/mol. The highest BCUT2D eigenvalue weighted by atomic mass is 19.2. The number of halogens is 3. The van der Waals surface area contributed by atoms with Crippen molar-refractivity contribution in [1.82, 2.24) is 25.2 Å². The molecule has 0 atom stereocenters. The fraction of sp³-hybridized carbons (Fsp3) is 0.125. The molecule has 3 heterocycles. The second-order valence-corrected chi connectivity index (χ2v) is 8.04. The molecule has 3 amide bonds. The quantitative estimate of drug-likeness (QED) is 0.366. The van der Waals surface area contributed by atoms with Crippen LogP contribution < -0.4 is 20.7 Å². The first kappa shape index (κ1) is 23.8. The number of rotatable bonds is 6. The molecule has 37 heavy (non-hydrogen) atoms. The van der Waals surface area contributed by atoms with Crippen LogP contribution in [0.2, 0.25) is 0 Å². The maximum atomic E-state index is 14.3. The maximum absolute atomic E-state index is 14.3. The molecule has 0 unspecified atom stereocenters. The number of ether oxygens (including phenoxy) is 1. The third kappa shape index (κ3) is 4.91. The second kappa shape index (κ2) is 9.60. The summed E-state index contributed by atoms with van der Waals surface area (Å²) in [7, 11) is 0. The molecule has 3 N–H and O–H groups in total. The van der Waals surface area contributed by atoms with Crippen molar-refractivity contribution in [1.29, 1.82) is 0 Å². The van der Waals surface area contributed by atoms with E-state index in [9.17, 15) is 27.6 Å².